The summed E-state index contributed by atoms with van der Waals surface area (Å²) in [5, 5.41) is 16.2. The van der Waals surface area contributed by atoms with E-state index in [9.17, 15) is 4.79 Å². The van der Waals surface area contributed by atoms with Crippen molar-refractivity contribution in [2.24, 2.45) is 0 Å². The second kappa shape index (κ2) is 10.3. The van der Waals surface area contributed by atoms with Gasteiger partial charge in [-0.1, -0.05) is 31.5 Å². The number of amides is 1. The summed E-state index contributed by atoms with van der Waals surface area (Å²) in [5.74, 6) is 0.966. The predicted octanol–water partition coefficient (Wildman–Crippen LogP) is 5.67. The molecule has 5 rings (SSSR count). The number of carbonyl (C=O) groups is 1. The lowest BCUT2D eigenvalue weighted by atomic mass is 9.76. The topological polar surface area (TPSA) is 94.9 Å². The molecule has 1 amide bonds. The number of H-pyrrole nitrogens is 1. The van der Waals surface area contributed by atoms with E-state index in [-0.39, 0.29) is 18.7 Å². The third-order valence-corrected chi connectivity index (χ3v) is 7.80. The van der Waals surface area contributed by atoms with Crippen LogP contribution in [0.1, 0.15) is 84.5 Å². The Morgan fingerprint density at radius 3 is 2.54 bits per heavy atom. The van der Waals surface area contributed by atoms with Crippen molar-refractivity contribution in [3.05, 3.63) is 64.2 Å². The number of aromatic nitrogens is 3. The molecule has 0 spiro atoms. The van der Waals surface area contributed by atoms with Crippen LogP contribution >= 0.6 is 0 Å². The zero-order valence-electron chi connectivity index (χ0n) is 21.4. The molecule has 1 saturated heterocycles. The van der Waals surface area contributed by atoms with Gasteiger partial charge in [0.1, 0.15) is 5.67 Å². The number of hydrogen-bond donors (Lipinski definition) is 1. The van der Waals surface area contributed by atoms with Crippen LogP contribution in [0.5, 0.6) is 6.01 Å². The highest BCUT2D eigenvalue weighted by Gasteiger charge is 2.38. The minimum Gasteiger partial charge on any atom is -0.463 e. The van der Waals surface area contributed by atoms with E-state index in [0.717, 1.165) is 30.4 Å². The molecule has 0 unspecified atom stereocenters. The maximum atomic E-state index is 15.8. The highest BCUT2D eigenvalue weighted by Crippen LogP contribution is 2.43. The van der Waals surface area contributed by atoms with E-state index >= 15 is 4.39 Å². The SMILES string of the molecule is CCOc1n[nH]c(-c2cc(C(=O)N3CCC(F)(c4ccc(C#N)cc4)CC3)c(CC)cc2C2CCC2)n1. The largest absolute Gasteiger partial charge is 0.463 e. The monoisotopic (exact) mass is 501 g/mol. The lowest BCUT2D eigenvalue weighted by molar-refractivity contribution is 0.0420. The number of rotatable bonds is 7. The minimum absolute atomic E-state index is 0.0790. The number of nitriles is 1. The third kappa shape index (κ3) is 4.83. The van der Waals surface area contributed by atoms with Gasteiger partial charge in [-0.25, -0.2) is 4.39 Å². The summed E-state index contributed by atoms with van der Waals surface area (Å²) >= 11 is 0. The second-order valence-electron chi connectivity index (χ2n) is 9.92. The molecule has 2 heterocycles. The average Bonchev–Trinajstić information content (AvgIpc) is 3.36. The molecule has 192 valence electrons. The van der Waals surface area contributed by atoms with Crippen molar-refractivity contribution in [3.8, 4) is 23.5 Å². The van der Waals surface area contributed by atoms with Gasteiger partial charge in [-0.05, 0) is 67.0 Å². The lowest BCUT2D eigenvalue weighted by Gasteiger charge is -2.37. The number of carbonyl (C=O) groups excluding carboxylic acids is 1. The van der Waals surface area contributed by atoms with E-state index in [2.05, 4.69) is 34.2 Å². The molecule has 2 aliphatic rings. The van der Waals surface area contributed by atoms with E-state index in [1.165, 1.54) is 12.0 Å². The van der Waals surface area contributed by atoms with Gasteiger partial charge in [-0.2, -0.15) is 10.2 Å². The number of hydrogen-bond acceptors (Lipinski definition) is 5. The fourth-order valence-corrected chi connectivity index (χ4v) is 5.34. The van der Waals surface area contributed by atoms with Gasteiger partial charge in [0.15, 0.2) is 5.82 Å². The summed E-state index contributed by atoms with van der Waals surface area (Å²) in [6.07, 6.45) is 4.61. The molecule has 1 N–H and O–H groups in total. The Morgan fingerprint density at radius 2 is 1.95 bits per heavy atom. The number of aryl methyl sites for hydroxylation is 1. The quantitative estimate of drug-likeness (QED) is 0.450. The summed E-state index contributed by atoms with van der Waals surface area (Å²) in [6, 6.07) is 13.1. The van der Waals surface area contributed by atoms with Gasteiger partial charge in [0.05, 0.1) is 18.2 Å². The lowest BCUT2D eigenvalue weighted by Crippen LogP contribution is -2.43. The fourth-order valence-electron chi connectivity index (χ4n) is 5.34. The number of ether oxygens (including phenoxy) is 1. The van der Waals surface area contributed by atoms with Crippen LogP contribution < -0.4 is 4.74 Å². The summed E-state index contributed by atoms with van der Waals surface area (Å²) < 4.78 is 21.3. The molecule has 0 bridgehead atoms. The Kier molecular flexibility index (Phi) is 6.96. The van der Waals surface area contributed by atoms with Gasteiger partial charge in [0.2, 0.25) is 0 Å². The highest BCUT2D eigenvalue weighted by atomic mass is 19.1. The third-order valence-electron chi connectivity index (χ3n) is 7.80. The first-order valence-electron chi connectivity index (χ1n) is 13.2. The standard InChI is InChI=1S/C29H32FN5O2/c1-3-20-16-23(21-6-5-7-21)25(26-32-28(34-33-26)37-4-2)17-24(20)27(36)35-14-12-29(30,13-15-35)22-10-8-19(18-31)9-11-22/h8-11,16-17,21H,3-7,12-15H2,1-2H3,(H,32,33,34). The number of halogens is 1. The number of aromatic amines is 1. The molecule has 2 aromatic carbocycles. The second-order valence-corrected chi connectivity index (χ2v) is 9.92. The zero-order valence-corrected chi connectivity index (χ0v) is 21.4. The number of alkyl halides is 1. The Balaban J connectivity index is 1.41. The van der Waals surface area contributed by atoms with Crippen molar-refractivity contribution < 1.29 is 13.9 Å². The van der Waals surface area contributed by atoms with Crippen molar-refractivity contribution >= 4 is 5.91 Å². The van der Waals surface area contributed by atoms with Crippen molar-refractivity contribution in [1.29, 1.82) is 5.26 Å². The molecular weight excluding hydrogens is 469 g/mol. The van der Waals surface area contributed by atoms with Crippen LogP contribution in [0.3, 0.4) is 0 Å². The maximum Gasteiger partial charge on any atom is 0.335 e. The molecular formula is C29H32FN5O2. The maximum absolute atomic E-state index is 15.8. The molecule has 8 heteroatoms. The van der Waals surface area contributed by atoms with Crippen molar-refractivity contribution in [1.82, 2.24) is 20.1 Å². The van der Waals surface area contributed by atoms with E-state index in [1.807, 2.05) is 13.0 Å². The molecule has 0 radical (unpaired) electrons. The molecule has 0 atom stereocenters. The van der Waals surface area contributed by atoms with E-state index in [0.29, 0.717) is 54.1 Å². The van der Waals surface area contributed by atoms with Gasteiger partial charge in [0, 0.05) is 37.1 Å². The summed E-state index contributed by atoms with van der Waals surface area (Å²) in [4.78, 5) is 20.0. The van der Waals surface area contributed by atoms with E-state index in [1.54, 1.807) is 29.2 Å². The van der Waals surface area contributed by atoms with Crippen LogP contribution in [0, 0.1) is 11.3 Å². The van der Waals surface area contributed by atoms with Crippen molar-refractivity contribution in [2.75, 3.05) is 19.7 Å². The predicted molar refractivity (Wildman–Crippen MR) is 138 cm³/mol. The summed E-state index contributed by atoms with van der Waals surface area (Å²) in [7, 11) is 0. The smallest absolute Gasteiger partial charge is 0.335 e. The van der Waals surface area contributed by atoms with Crippen LogP contribution in [0.4, 0.5) is 4.39 Å². The number of nitrogens with one attached hydrogen (secondary N) is 1. The first kappa shape index (κ1) is 24.9. The summed E-state index contributed by atoms with van der Waals surface area (Å²) in [6.45, 7) is 5.07. The normalized spacial score (nSPS) is 17.2. The van der Waals surface area contributed by atoms with Gasteiger partial charge in [0.25, 0.3) is 5.91 Å². The van der Waals surface area contributed by atoms with Gasteiger partial charge in [-0.15, -0.1) is 5.10 Å². The van der Waals surface area contributed by atoms with Crippen LogP contribution in [-0.4, -0.2) is 45.7 Å². The van der Waals surface area contributed by atoms with Crippen molar-refractivity contribution in [3.63, 3.8) is 0 Å². The molecule has 1 aliphatic heterocycles. The number of piperidine rings is 1. The van der Waals surface area contributed by atoms with Crippen LogP contribution in [-0.2, 0) is 12.1 Å². The Labute approximate surface area is 216 Å². The number of likely N-dealkylation sites (tertiary alicyclic amines) is 1. The van der Waals surface area contributed by atoms with Gasteiger partial charge < -0.3 is 9.64 Å². The molecule has 2 fully saturated rings. The van der Waals surface area contributed by atoms with Gasteiger partial charge >= 0.3 is 6.01 Å². The molecule has 7 nitrogen and oxygen atoms in total. The number of nitrogens with zero attached hydrogens (tertiary/aromatic N) is 4. The Hall–Kier alpha value is -3.73. The van der Waals surface area contributed by atoms with E-state index < -0.39 is 5.67 Å². The Bertz CT molecular complexity index is 1320. The van der Waals surface area contributed by atoms with Crippen LogP contribution in [0.15, 0.2) is 36.4 Å². The van der Waals surface area contributed by atoms with Crippen molar-refractivity contribution in [2.45, 2.75) is 64.0 Å². The molecule has 37 heavy (non-hydrogen) atoms. The summed E-state index contributed by atoms with van der Waals surface area (Å²) in [5.41, 5.74) is 3.29. The van der Waals surface area contributed by atoms with E-state index in [4.69, 9.17) is 10.00 Å². The highest BCUT2D eigenvalue weighted by molar-refractivity contribution is 5.97. The Morgan fingerprint density at radius 1 is 1.22 bits per heavy atom. The molecule has 3 aromatic rings. The van der Waals surface area contributed by atoms with Crippen LogP contribution in [0.25, 0.3) is 11.4 Å². The number of benzene rings is 2. The zero-order chi connectivity index (χ0) is 26.0. The minimum atomic E-state index is -1.51. The first-order valence-corrected chi connectivity index (χ1v) is 13.2. The fraction of sp³-hybridized carbons (Fsp3) is 0.448. The molecule has 1 aromatic heterocycles. The molecule has 1 saturated carbocycles. The first-order chi connectivity index (χ1) is 18.0. The van der Waals surface area contributed by atoms with Gasteiger partial charge in [-0.3, -0.25) is 9.89 Å². The average molecular weight is 502 g/mol. The molecule has 1 aliphatic carbocycles. The van der Waals surface area contributed by atoms with Crippen LogP contribution in [0.2, 0.25) is 0 Å².